The van der Waals surface area contributed by atoms with E-state index in [9.17, 15) is 0 Å². The van der Waals surface area contributed by atoms with E-state index in [1.54, 1.807) is 0 Å². The zero-order valence-corrected chi connectivity index (χ0v) is 10.4. The third kappa shape index (κ3) is 1.38. The van der Waals surface area contributed by atoms with Crippen LogP contribution in [-0.4, -0.2) is 52.2 Å². The van der Waals surface area contributed by atoms with E-state index in [1.165, 1.54) is 0 Å². The highest BCUT2D eigenvalue weighted by Crippen LogP contribution is 2.36. The van der Waals surface area contributed by atoms with Gasteiger partial charge in [-0.1, -0.05) is 0 Å². The van der Waals surface area contributed by atoms with Gasteiger partial charge in [0.2, 0.25) is 0 Å². The average Bonchev–Trinajstić information content (AvgIpc) is 2.48. The summed E-state index contributed by atoms with van der Waals surface area (Å²) in [7, 11) is 0. The van der Waals surface area contributed by atoms with Gasteiger partial charge < -0.3 is 0 Å². The number of fused-ring (bicyclic) bond motifs is 6. The summed E-state index contributed by atoms with van der Waals surface area (Å²) in [6.45, 7) is 0. The predicted molar refractivity (Wildman–Crippen MR) is 70.1 cm³/mol. The van der Waals surface area contributed by atoms with Crippen molar-refractivity contribution >= 4 is 18.6 Å². The van der Waals surface area contributed by atoms with E-state index in [-0.39, 0.29) is 0 Å². The van der Waals surface area contributed by atoms with Crippen LogP contribution in [0.15, 0.2) is 15.3 Å². The van der Waals surface area contributed by atoms with E-state index in [0.29, 0.717) is 18.5 Å². The molecule has 0 saturated carbocycles. The van der Waals surface area contributed by atoms with Crippen molar-refractivity contribution in [1.29, 1.82) is 0 Å². The molecule has 0 amide bonds. The molecule has 1 saturated heterocycles. The molecule has 0 atom stereocenters. The molecule has 0 radical (unpaired) electrons. The van der Waals surface area contributed by atoms with Crippen molar-refractivity contribution in [2.75, 3.05) is 0 Å². The van der Waals surface area contributed by atoms with Crippen LogP contribution in [0.1, 0.15) is 38.5 Å². The van der Waals surface area contributed by atoms with Crippen LogP contribution in [0.2, 0.25) is 0 Å². The van der Waals surface area contributed by atoms with Crippen LogP contribution in [0.25, 0.3) is 0 Å². The lowest BCUT2D eigenvalue weighted by atomic mass is 10.1. The minimum Gasteiger partial charge on any atom is -0.249 e. The maximum atomic E-state index is 4.60. The number of rotatable bonds is 0. The van der Waals surface area contributed by atoms with E-state index in [1.807, 2.05) is 18.6 Å². The van der Waals surface area contributed by atoms with E-state index < -0.39 is 0 Å². The fraction of sp³-hybridized carbons (Fsp3) is 0.750. The lowest BCUT2D eigenvalue weighted by Crippen LogP contribution is -2.68. The lowest BCUT2D eigenvalue weighted by molar-refractivity contribution is -0.186. The second kappa shape index (κ2) is 3.96. The molecule has 6 nitrogen and oxygen atoms in total. The standard InChI is InChI=1S/C12H18N6/c1-4-10-16(13-7-1)11-5-2-9-15-18(11)12-6-3-8-14-17(10)12/h7-12H,1-6H2. The third-order valence-corrected chi connectivity index (χ3v) is 4.14. The second-order valence-corrected chi connectivity index (χ2v) is 5.21. The summed E-state index contributed by atoms with van der Waals surface area (Å²) in [5.74, 6) is 0. The quantitative estimate of drug-likeness (QED) is 0.645. The molecule has 1 fully saturated rings. The van der Waals surface area contributed by atoms with Crippen LogP contribution < -0.4 is 0 Å². The molecule has 0 aromatic carbocycles. The first-order chi connectivity index (χ1) is 8.95. The Morgan fingerprint density at radius 3 is 1.28 bits per heavy atom. The Morgan fingerprint density at radius 1 is 0.611 bits per heavy atom. The Kier molecular flexibility index (Phi) is 2.28. The van der Waals surface area contributed by atoms with Crippen LogP contribution in [0.3, 0.4) is 0 Å². The van der Waals surface area contributed by atoms with Crippen molar-refractivity contribution < 1.29 is 0 Å². The monoisotopic (exact) mass is 246 g/mol. The average molecular weight is 246 g/mol. The highest BCUT2D eigenvalue weighted by molar-refractivity contribution is 5.60. The van der Waals surface area contributed by atoms with Crippen molar-refractivity contribution in [1.82, 2.24) is 15.0 Å². The first-order valence-electron chi connectivity index (χ1n) is 6.87. The lowest BCUT2D eigenvalue weighted by Gasteiger charge is -2.56. The normalized spacial score (nSPS) is 37.3. The van der Waals surface area contributed by atoms with Crippen LogP contribution in [0.4, 0.5) is 0 Å². The summed E-state index contributed by atoms with van der Waals surface area (Å²) in [6.07, 6.45) is 13.6. The SMILES string of the molecule is C1=NN2C3CCC=NN3C3CCC=NN3C2CC1. The van der Waals surface area contributed by atoms with Crippen LogP contribution >= 0.6 is 0 Å². The van der Waals surface area contributed by atoms with E-state index in [0.717, 1.165) is 38.5 Å². The molecule has 0 spiro atoms. The van der Waals surface area contributed by atoms with Gasteiger partial charge in [0, 0.05) is 18.6 Å². The maximum Gasteiger partial charge on any atom is 0.139 e. The van der Waals surface area contributed by atoms with Gasteiger partial charge in [-0.05, 0) is 38.5 Å². The van der Waals surface area contributed by atoms with Crippen LogP contribution in [-0.2, 0) is 0 Å². The molecule has 4 aliphatic heterocycles. The minimum atomic E-state index is 0.325. The molecule has 96 valence electrons. The van der Waals surface area contributed by atoms with Gasteiger partial charge in [0.15, 0.2) is 0 Å². The molecule has 0 aromatic rings. The summed E-state index contributed by atoms with van der Waals surface area (Å²) in [6, 6.07) is 0. The highest BCUT2D eigenvalue weighted by Gasteiger charge is 2.46. The maximum absolute atomic E-state index is 4.60. The fourth-order valence-electron chi connectivity index (χ4n) is 3.34. The molecule has 4 heterocycles. The van der Waals surface area contributed by atoms with Crippen LogP contribution in [0.5, 0.6) is 0 Å². The van der Waals surface area contributed by atoms with Crippen molar-refractivity contribution in [3.63, 3.8) is 0 Å². The largest absolute Gasteiger partial charge is 0.249 e. The first kappa shape index (κ1) is 10.3. The highest BCUT2D eigenvalue weighted by atomic mass is 15.8. The molecule has 0 unspecified atom stereocenters. The van der Waals surface area contributed by atoms with Gasteiger partial charge in [-0.25, -0.2) is 15.0 Å². The predicted octanol–water partition coefficient (Wildman–Crippen LogP) is 1.22. The molecule has 18 heavy (non-hydrogen) atoms. The van der Waals surface area contributed by atoms with Crippen molar-refractivity contribution in [3.8, 4) is 0 Å². The van der Waals surface area contributed by atoms with Crippen molar-refractivity contribution in [2.45, 2.75) is 57.0 Å². The second-order valence-electron chi connectivity index (χ2n) is 5.21. The Labute approximate surface area is 107 Å². The first-order valence-corrected chi connectivity index (χ1v) is 6.87. The fourth-order valence-corrected chi connectivity index (χ4v) is 3.34. The summed E-state index contributed by atoms with van der Waals surface area (Å²) in [5.41, 5.74) is 0. The molecule has 6 heteroatoms. The van der Waals surface area contributed by atoms with E-state index >= 15 is 0 Å². The van der Waals surface area contributed by atoms with E-state index in [4.69, 9.17) is 0 Å². The number of hydrazone groups is 3. The number of nitrogens with zero attached hydrogens (tertiary/aromatic N) is 6. The van der Waals surface area contributed by atoms with Gasteiger partial charge >= 0.3 is 0 Å². The molecular weight excluding hydrogens is 228 g/mol. The summed E-state index contributed by atoms with van der Waals surface area (Å²) >= 11 is 0. The zero-order valence-electron chi connectivity index (χ0n) is 10.4. The minimum absolute atomic E-state index is 0.325. The molecule has 0 N–H and O–H groups in total. The van der Waals surface area contributed by atoms with Crippen LogP contribution in [0, 0.1) is 0 Å². The Bertz CT molecular complexity index is 343. The molecule has 4 rings (SSSR count). The van der Waals surface area contributed by atoms with Gasteiger partial charge in [0.1, 0.15) is 18.5 Å². The topological polar surface area (TPSA) is 46.8 Å². The summed E-state index contributed by atoms with van der Waals surface area (Å²) < 4.78 is 0. The van der Waals surface area contributed by atoms with Gasteiger partial charge in [-0.15, -0.1) is 0 Å². The van der Waals surface area contributed by atoms with E-state index in [2.05, 4.69) is 30.3 Å². The van der Waals surface area contributed by atoms with Gasteiger partial charge in [-0.3, -0.25) is 0 Å². The Morgan fingerprint density at radius 2 is 0.944 bits per heavy atom. The summed E-state index contributed by atoms with van der Waals surface area (Å²) in [4.78, 5) is 0. The molecule has 4 aliphatic rings. The molecule has 0 aromatic heterocycles. The van der Waals surface area contributed by atoms with Crippen molar-refractivity contribution in [2.24, 2.45) is 15.3 Å². The van der Waals surface area contributed by atoms with Crippen molar-refractivity contribution in [3.05, 3.63) is 0 Å². The Hall–Kier alpha value is -1.59. The third-order valence-electron chi connectivity index (χ3n) is 4.14. The van der Waals surface area contributed by atoms with Gasteiger partial charge in [0.05, 0.1) is 0 Å². The smallest absolute Gasteiger partial charge is 0.139 e. The van der Waals surface area contributed by atoms with Gasteiger partial charge in [-0.2, -0.15) is 15.3 Å². The molecule has 0 bridgehead atoms. The Balaban J connectivity index is 1.75. The molecular formula is C12H18N6. The van der Waals surface area contributed by atoms with Gasteiger partial charge in [0.25, 0.3) is 0 Å². The molecule has 0 aliphatic carbocycles. The zero-order chi connectivity index (χ0) is 11.9. The number of hydrogen-bond acceptors (Lipinski definition) is 6. The number of hydrogen-bond donors (Lipinski definition) is 0. The summed E-state index contributed by atoms with van der Waals surface area (Å²) in [5, 5.41) is 20.4.